The molecule has 0 bridgehead atoms. The van der Waals surface area contributed by atoms with E-state index in [4.69, 9.17) is 9.31 Å². The number of aromatic nitrogens is 2. The number of para-hydroxylation sites is 5. The Labute approximate surface area is 313 Å². The van der Waals surface area contributed by atoms with Crippen LogP contribution in [0.3, 0.4) is 0 Å². The van der Waals surface area contributed by atoms with Crippen LogP contribution < -0.4 is 14.8 Å². The summed E-state index contributed by atoms with van der Waals surface area (Å²) in [7, 11) is -0.528. The molecule has 0 saturated heterocycles. The molecule has 0 N–H and O–H groups in total. The summed E-state index contributed by atoms with van der Waals surface area (Å²) < 4.78 is 20.8. The zero-order valence-corrected chi connectivity index (χ0v) is 29.6. The maximum atomic E-state index is 6.57. The fraction of sp³-hybridized carbons (Fsp3) is 0. The first-order chi connectivity index (χ1) is 26.8. The van der Waals surface area contributed by atoms with E-state index in [9.17, 15) is 0 Å². The van der Waals surface area contributed by atoms with Gasteiger partial charge in [0.1, 0.15) is 11.5 Å². The number of rotatable bonds is 2. The maximum absolute atomic E-state index is 6.57. The number of hydrogen-bond donors (Lipinski definition) is 0. The van der Waals surface area contributed by atoms with Crippen LogP contribution in [-0.4, -0.2) is 16.3 Å². The van der Waals surface area contributed by atoms with Crippen molar-refractivity contribution in [2.24, 2.45) is 0 Å². The monoisotopic (exact) mass is 706 g/mol. The topological polar surface area (TPSA) is 28.3 Å². The molecule has 13 rings (SSSR count). The van der Waals surface area contributed by atoms with E-state index in [1.807, 2.05) is 23.5 Å². The normalized spacial score (nSPS) is 13.1. The Morgan fingerprint density at radius 2 is 0.963 bits per heavy atom. The van der Waals surface area contributed by atoms with Crippen molar-refractivity contribution in [2.45, 2.75) is 0 Å². The maximum Gasteiger partial charge on any atom is 0.633 e. The Kier molecular flexibility index (Phi) is 5.56. The predicted octanol–water partition coefficient (Wildman–Crippen LogP) is 12.1. The van der Waals surface area contributed by atoms with Crippen LogP contribution in [0.1, 0.15) is 0 Å². The van der Waals surface area contributed by atoms with Gasteiger partial charge in [0.2, 0.25) is 0 Å². The first-order valence-corrected chi connectivity index (χ1v) is 19.2. The van der Waals surface area contributed by atoms with Gasteiger partial charge in [0.25, 0.3) is 0 Å². The summed E-state index contributed by atoms with van der Waals surface area (Å²) in [6.45, 7) is 0. The molecular weight excluding hydrogens is 679 g/mol. The summed E-state index contributed by atoms with van der Waals surface area (Å²) in [4.78, 5) is 0. The third-order valence-corrected chi connectivity index (χ3v) is 12.7. The second kappa shape index (κ2) is 10.4. The molecular formula is C48H27BN2O2S. The molecule has 2 aliphatic heterocycles. The Morgan fingerprint density at radius 3 is 1.65 bits per heavy atom. The molecule has 6 heteroatoms. The van der Waals surface area contributed by atoms with Crippen molar-refractivity contribution in [2.75, 3.05) is 0 Å². The molecule has 0 aliphatic carbocycles. The molecule has 250 valence electrons. The highest BCUT2D eigenvalue weighted by molar-refractivity contribution is 7.27. The van der Waals surface area contributed by atoms with Crippen molar-refractivity contribution in [3.63, 3.8) is 0 Å². The molecule has 2 aliphatic rings. The van der Waals surface area contributed by atoms with Gasteiger partial charge in [0.05, 0.1) is 26.8 Å². The van der Waals surface area contributed by atoms with Crippen molar-refractivity contribution in [1.29, 1.82) is 0 Å². The molecule has 0 atom stereocenters. The second-order valence-corrected chi connectivity index (χ2v) is 15.4. The minimum Gasteiger partial charge on any atom is -0.521 e. The zero-order chi connectivity index (χ0) is 35.1. The van der Waals surface area contributed by atoms with E-state index < -0.39 is 7.12 Å². The Bertz CT molecular complexity index is 3340. The van der Waals surface area contributed by atoms with Gasteiger partial charge in [0, 0.05) is 65.0 Å². The highest BCUT2D eigenvalue weighted by Gasteiger charge is 2.42. The summed E-state index contributed by atoms with van der Waals surface area (Å²) >= 11 is 1.90. The average molecular weight is 707 g/mol. The molecule has 5 heterocycles. The molecule has 4 nitrogen and oxygen atoms in total. The number of benzene rings is 8. The van der Waals surface area contributed by atoms with Gasteiger partial charge in [-0.3, -0.25) is 0 Å². The molecule has 11 aromatic rings. The lowest BCUT2D eigenvalue weighted by atomic mass is 9.66. The van der Waals surface area contributed by atoms with Crippen molar-refractivity contribution in [3.8, 4) is 45.1 Å². The predicted molar refractivity (Wildman–Crippen MR) is 226 cm³/mol. The van der Waals surface area contributed by atoms with E-state index in [-0.39, 0.29) is 0 Å². The number of hydrogen-bond acceptors (Lipinski definition) is 3. The molecule has 3 aromatic heterocycles. The summed E-state index contributed by atoms with van der Waals surface area (Å²) in [6, 6.07) is 59.1. The first-order valence-electron chi connectivity index (χ1n) is 18.4. The van der Waals surface area contributed by atoms with Gasteiger partial charge in [-0.1, -0.05) is 109 Å². The van der Waals surface area contributed by atoms with Gasteiger partial charge in [-0.25, -0.2) is 0 Å². The van der Waals surface area contributed by atoms with Crippen LogP contribution in [0.5, 0.6) is 11.5 Å². The molecule has 0 fully saturated rings. The average Bonchev–Trinajstić information content (AvgIpc) is 3.89. The molecule has 0 amide bonds. The molecule has 0 radical (unpaired) electrons. The molecule has 8 aromatic carbocycles. The van der Waals surface area contributed by atoms with Crippen molar-refractivity contribution < 1.29 is 9.31 Å². The van der Waals surface area contributed by atoms with E-state index in [1.165, 1.54) is 63.8 Å². The highest BCUT2D eigenvalue weighted by Crippen LogP contribution is 2.52. The van der Waals surface area contributed by atoms with Crippen molar-refractivity contribution in [3.05, 3.63) is 164 Å². The second-order valence-electron chi connectivity index (χ2n) is 14.3. The minimum absolute atomic E-state index is 0.528. The smallest absolute Gasteiger partial charge is 0.521 e. The van der Waals surface area contributed by atoms with Crippen LogP contribution in [0, 0.1) is 0 Å². The Hall–Kier alpha value is -6.76. The lowest BCUT2D eigenvalue weighted by Gasteiger charge is -2.32. The van der Waals surface area contributed by atoms with Gasteiger partial charge in [-0.15, -0.1) is 11.3 Å². The standard InChI is InChI=1S/C48H27BN2O2S/c1-2-14-28(15-3-1)50-38-22-10-5-19-33(38)44-46-42(43-34-20-8-13-25-41(34)54-48(43)47(44)50)32-18-4-9-21-37(32)51(46)29-26-35-30-16-6-11-23-39(30)52-49-45(35)36(27-29)31-17-7-12-24-40(31)53-49/h1-27H. The third-order valence-electron chi connectivity index (χ3n) is 11.5. The van der Waals surface area contributed by atoms with E-state index in [0.717, 1.165) is 50.6 Å². The zero-order valence-electron chi connectivity index (χ0n) is 28.8. The van der Waals surface area contributed by atoms with Crippen LogP contribution in [0.2, 0.25) is 0 Å². The van der Waals surface area contributed by atoms with Crippen LogP contribution in [0.25, 0.3) is 97.4 Å². The lowest BCUT2D eigenvalue weighted by Crippen LogP contribution is -2.49. The molecule has 0 saturated carbocycles. The number of nitrogens with zero attached hydrogens (tertiary/aromatic N) is 2. The van der Waals surface area contributed by atoms with Crippen molar-refractivity contribution in [1.82, 2.24) is 9.13 Å². The SMILES string of the molecule is c1ccc(-n2c3ccccc3c3c2c2sc4ccccc4c2c2c4ccccc4n(-c4cc5c6c(c4)-c4ccccc4OB6Oc4ccccc4-5)c23)cc1. The highest BCUT2D eigenvalue weighted by atomic mass is 32.1. The Balaban J connectivity index is 1.29. The van der Waals surface area contributed by atoms with Crippen LogP contribution in [0.4, 0.5) is 0 Å². The van der Waals surface area contributed by atoms with Gasteiger partial charge < -0.3 is 18.4 Å². The number of fused-ring (bicyclic) bond motifs is 16. The van der Waals surface area contributed by atoms with Crippen LogP contribution in [-0.2, 0) is 0 Å². The fourth-order valence-electron chi connectivity index (χ4n) is 9.42. The molecule has 0 unspecified atom stereocenters. The number of thiophene rings is 1. The van der Waals surface area contributed by atoms with E-state index in [1.54, 1.807) is 0 Å². The quantitative estimate of drug-likeness (QED) is 0.167. The van der Waals surface area contributed by atoms with Gasteiger partial charge in [-0.2, -0.15) is 0 Å². The first kappa shape index (κ1) is 28.8. The van der Waals surface area contributed by atoms with E-state index >= 15 is 0 Å². The molecule has 54 heavy (non-hydrogen) atoms. The van der Waals surface area contributed by atoms with Gasteiger partial charge in [-0.05, 0) is 65.7 Å². The van der Waals surface area contributed by atoms with Gasteiger partial charge in [0.15, 0.2) is 0 Å². The third kappa shape index (κ3) is 3.63. The van der Waals surface area contributed by atoms with Crippen LogP contribution in [0.15, 0.2) is 164 Å². The lowest BCUT2D eigenvalue weighted by molar-refractivity contribution is 0.436. The molecule has 0 spiro atoms. The van der Waals surface area contributed by atoms with Crippen molar-refractivity contribution >= 4 is 87.7 Å². The minimum atomic E-state index is -0.528. The Morgan fingerprint density at radius 1 is 0.426 bits per heavy atom. The summed E-state index contributed by atoms with van der Waals surface area (Å²) in [5, 5.41) is 7.63. The summed E-state index contributed by atoms with van der Waals surface area (Å²) in [5.74, 6) is 1.67. The van der Waals surface area contributed by atoms with Gasteiger partial charge >= 0.3 is 7.12 Å². The van der Waals surface area contributed by atoms with E-state index in [0.29, 0.717) is 0 Å². The summed E-state index contributed by atoms with van der Waals surface area (Å²) in [6.07, 6.45) is 0. The van der Waals surface area contributed by atoms with Crippen LogP contribution >= 0.6 is 11.3 Å². The largest absolute Gasteiger partial charge is 0.633 e. The van der Waals surface area contributed by atoms with E-state index in [2.05, 4.69) is 161 Å². The summed E-state index contributed by atoms with van der Waals surface area (Å²) in [5.41, 5.74) is 12.6. The fourth-order valence-corrected chi connectivity index (χ4v) is 10.7.